The fourth-order valence-electron chi connectivity index (χ4n) is 2.19. The maximum atomic E-state index is 6.07. The van der Waals surface area contributed by atoms with Gasteiger partial charge in [0.1, 0.15) is 5.76 Å². The number of halogens is 2. The molecule has 0 unspecified atom stereocenters. The summed E-state index contributed by atoms with van der Waals surface area (Å²) in [5.41, 5.74) is 0.941. The van der Waals surface area contributed by atoms with E-state index in [0.29, 0.717) is 28.2 Å². The van der Waals surface area contributed by atoms with E-state index in [1.165, 1.54) is 0 Å². The number of nitrogens with zero attached hydrogens (tertiary/aromatic N) is 3. The second kappa shape index (κ2) is 7.51. The van der Waals surface area contributed by atoms with Gasteiger partial charge in [-0.1, -0.05) is 41.0 Å². The van der Waals surface area contributed by atoms with Gasteiger partial charge in [0, 0.05) is 12.8 Å². The number of hydrogen-bond donors (Lipinski definition) is 0. The molecule has 2 aromatic heterocycles. The molecule has 0 amide bonds. The molecule has 0 aliphatic carbocycles. The van der Waals surface area contributed by atoms with E-state index in [9.17, 15) is 0 Å². The van der Waals surface area contributed by atoms with Crippen molar-refractivity contribution in [2.45, 2.75) is 12.1 Å². The summed E-state index contributed by atoms with van der Waals surface area (Å²) in [5.74, 6) is 2.80. The fraction of sp³-hybridized carbons (Fsp3) is 0.250. The van der Waals surface area contributed by atoms with Crippen LogP contribution in [0, 0.1) is 6.92 Å². The lowest BCUT2D eigenvalue weighted by Gasteiger charge is -2.09. The molecule has 0 aliphatic heterocycles. The molecule has 3 rings (SSSR count). The SMILES string of the molecule is Cc1occc1-c1nnc(SCCOc2c(Cl)cccc2Cl)n1C. The molecule has 126 valence electrons. The van der Waals surface area contributed by atoms with Crippen LogP contribution in [-0.2, 0) is 7.05 Å². The van der Waals surface area contributed by atoms with Gasteiger partial charge >= 0.3 is 0 Å². The molecule has 0 radical (unpaired) electrons. The number of aryl methyl sites for hydroxylation is 1. The molecule has 3 aromatic rings. The van der Waals surface area contributed by atoms with Crippen molar-refractivity contribution >= 4 is 35.0 Å². The average Bonchev–Trinajstić information content (AvgIpc) is 3.12. The standard InChI is InChI=1S/C16H15Cl2N3O2S/c1-10-11(6-7-22-10)15-19-20-16(21(15)2)24-9-8-23-14-12(17)4-3-5-13(14)18/h3-7H,8-9H2,1-2H3. The van der Waals surface area contributed by atoms with Crippen molar-refractivity contribution in [1.82, 2.24) is 14.8 Å². The smallest absolute Gasteiger partial charge is 0.191 e. The van der Waals surface area contributed by atoms with Gasteiger partial charge in [-0.2, -0.15) is 0 Å². The summed E-state index contributed by atoms with van der Waals surface area (Å²) < 4.78 is 12.9. The summed E-state index contributed by atoms with van der Waals surface area (Å²) in [5, 5.41) is 10.3. The van der Waals surface area contributed by atoms with Crippen LogP contribution in [0.5, 0.6) is 5.75 Å². The van der Waals surface area contributed by atoms with Crippen molar-refractivity contribution in [3.8, 4) is 17.1 Å². The molecule has 0 saturated carbocycles. The quantitative estimate of drug-likeness (QED) is 0.449. The fourth-order valence-corrected chi connectivity index (χ4v) is 3.42. The monoisotopic (exact) mass is 383 g/mol. The topological polar surface area (TPSA) is 53.1 Å². The van der Waals surface area contributed by atoms with Crippen LogP contribution in [-0.4, -0.2) is 27.1 Å². The first-order chi connectivity index (χ1) is 11.6. The summed E-state index contributed by atoms with van der Waals surface area (Å²) in [7, 11) is 1.93. The molecule has 1 aromatic carbocycles. The van der Waals surface area contributed by atoms with Crippen LogP contribution in [0.25, 0.3) is 11.4 Å². The highest BCUT2D eigenvalue weighted by Gasteiger charge is 2.15. The molecule has 0 N–H and O–H groups in total. The molecule has 8 heteroatoms. The van der Waals surface area contributed by atoms with Gasteiger partial charge in [0.05, 0.1) is 28.5 Å². The number of hydrogen-bond acceptors (Lipinski definition) is 5. The third-order valence-corrected chi connectivity index (χ3v) is 4.99. The maximum absolute atomic E-state index is 6.07. The van der Waals surface area contributed by atoms with Crippen molar-refractivity contribution in [2.75, 3.05) is 12.4 Å². The van der Waals surface area contributed by atoms with Crippen molar-refractivity contribution in [3.63, 3.8) is 0 Å². The predicted molar refractivity (Wildman–Crippen MR) is 96.1 cm³/mol. The molecular formula is C16H15Cl2N3O2S. The average molecular weight is 384 g/mol. The first kappa shape index (κ1) is 17.2. The van der Waals surface area contributed by atoms with Crippen LogP contribution in [0.1, 0.15) is 5.76 Å². The molecule has 0 bridgehead atoms. The van der Waals surface area contributed by atoms with Gasteiger partial charge in [0.2, 0.25) is 0 Å². The zero-order valence-electron chi connectivity index (χ0n) is 13.1. The Hall–Kier alpha value is -1.63. The van der Waals surface area contributed by atoms with E-state index < -0.39 is 0 Å². The van der Waals surface area contributed by atoms with Crippen molar-refractivity contribution in [2.24, 2.45) is 7.05 Å². The Balaban J connectivity index is 1.60. The highest BCUT2D eigenvalue weighted by molar-refractivity contribution is 7.99. The van der Waals surface area contributed by atoms with Gasteiger partial charge in [-0.3, -0.25) is 0 Å². The summed E-state index contributed by atoms with van der Waals surface area (Å²) in [4.78, 5) is 0. The number of aromatic nitrogens is 3. The van der Waals surface area contributed by atoms with E-state index in [2.05, 4.69) is 10.2 Å². The minimum absolute atomic E-state index is 0.459. The van der Waals surface area contributed by atoms with Crippen LogP contribution in [0.4, 0.5) is 0 Å². The second-order valence-corrected chi connectivity index (χ2v) is 6.88. The van der Waals surface area contributed by atoms with Crippen molar-refractivity contribution < 1.29 is 9.15 Å². The third kappa shape index (κ3) is 3.55. The Morgan fingerprint density at radius 1 is 1.21 bits per heavy atom. The molecule has 0 aliphatic rings. The van der Waals surface area contributed by atoms with Gasteiger partial charge in [0.25, 0.3) is 0 Å². The maximum Gasteiger partial charge on any atom is 0.191 e. The lowest BCUT2D eigenvalue weighted by molar-refractivity contribution is 0.344. The van der Waals surface area contributed by atoms with Crippen molar-refractivity contribution in [1.29, 1.82) is 0 Å². The van der Waals surface area contributed by atoms with Crippen LogP contribution in [0.15, 0.2) is 40.1 Å². The highest BCUT2D eigenvalue weighted by Crippen LogP contribution is 2.32. The lowest BCUT2D eigenvalue weighted by Crippen LogP contribution is -2.03. The molecule has 0 saturated heterocycles. The van der Waals surface area contributed by atoms with Gasteiger partial charge in [-0.25, -0.2) is 0 Å². The lowest BCUT2D eigenvalue weighted by atomic mass is 10.2. The molecule has 0 spiro atoms. The molecule has 24 heavy (non-hydrogen) atoms. The van der Waals surface area contributed by atoms with Crippen LogP contribution in [0.3, 0.4) is 0 Å². The minimum atomic E-state index is 0.459. The Labute approximate surface area is 153 Å². The Kier molecular flexibility index (Phi) is 5.38. The number of ether oxygens (including phenoxy) is 1. The van der Waals surface area contributed by atoms with E-state index in [4.69, 9.17) is 32.4 Å². The zero-order valence-corrected chi connectivity index (χ0v) is 15.5. The summed E-state index contributed by atoms with van der Waals surface area (Å²) in [6.07, 6.45) is 1.65. The van der Waals surface area contributed by atoms with E-state index >= 15 is 0 Å². The number of rotatable bonds is 6. The molecule has 2 heterocycles. The number of para-hydroxylation sites is 1. The van der Waals surface area contributed by atoms with Crippen LogP contribution < -0.4 is 4.74 Å². The Morgan fingerprint density at radius 2 is 1.96 bits per heavy atom. The van der Waals surface area contributed by atoms with E-state index in [0.717, 1.165) is 22.3 Å². The minimum Gasteiger partial charge on any atom is -0.490 e. The van der Waals surface area contributed by atoms with E-state index in [-0.39, 0.29) is 0 Å². The number of thioether (sulfide) groups is 1. The van der Waals surface area contributed by atoms with Gasteiger partial charge in [0.15, 0.2) is 16.7 Å². The van der Waals surface area contributed by atoms with Crippen molar-refractivity contribution in [3.05, 3.63) is 46.3 Å². The number of benzene rings is 1. The van der Waals surface area contributed by atoms with Gasteiger partial charge in [-0.05, 0) is 25.1 Å². The largest absolute Gasteiger partial charge is 0.490 e. The predicted octanol–water partition coefficient (Wildman–Crippen LogP) is 4.86. The van der Waals surface area contributed by atoms with E-state index in [1.54, 1.807) is 36.2 Å². The zero-order chi connectivity index (χ0) is 17.1. The first-order valence-corrected chi connectivity index (χ1v) is 8.95. The molecule has 5 nitrogen and oxygen atoms in total. The van der Waals surface area contributed by atoms with Gasteiger partial charge < -0.3 is 13.7 Å². The third-order valence-electron chi connectivity index (χ3n) is 3.41. The molecular weight excluding hydrogens is 369 g/mol. The Bertz CT molecular complexity index is 827. The van der Waals surface area contributed by atoms with E-state index in [1.807, 2.05) is 24.6 Å². The second-order valence-electron chi connectivity index (χ2n) is 5.00. The number of furan rings is 1. The van der Waals surface area contributed by atoms with Gasteiger partial charge in [-0.15, -0.1) is 10.2 Å². The molecule has 0 atom stereocenters. The normalized spacial score (nSPS) is 11.0. The summed E-state index contributed by atoms with van der Waals surface area (Å²) >= 11 is 13.7. The summed E-state index contributed by atoms with van der Waals surface area (Å²) in [6, 6.07) is 7.16. The first-order valence-electron chi connectivity index (χ1n) is 7.21. The molecule has 0 fully saturated rings. The summed E-state index contributed by atoms with van der Waals surface area (Å²) in [6.45, 7) is 2.36. The highest BCUT2D eigenvalue weighted by atomic mass is 35.5. The Morgan fingerprint density at radius 3 is 2.62 bits per heavy atom. The van der Waals surface area contributed by atoms with Crippen LogP contribution >= 0.6 is 35.0 Å². The van der Waals surface area contributed by atoms with Crippen LogP contribution in [0.2, 0.25) is 10.0 Å².